The number of imidazole rings is 1. The molecule has 0 atom stereocenters. The molecule has 116 valence electrons. The molecule has 0 aliphatic heterocycles. The Hall–Kier alpha value is -3.42. The Labute approximate surface area is 130 Å². The Morgan fingerprint density at radius 1 is 1.17 bits per heavy atom. The van der Waals surface area contributed by atoms with E-state index in [9.17, 15) is 14.9 Å². The van der Waals surface area contributed by atoms with Crippen molar-refractivity contribution in [3.05, 3.63) is 58.4 Å². The van der Waals surface area contributed by atoms with Crippen molar-refractivity contribution in [2.45, 2.75) is 6.92 Å². The molecule has 3 N–H and O–H groups in total. The van der Waals surface area contributed by atoms with E-state index in [2.05, 4.69) is 20.6 Å². The fraction of sp³-hybridized carbons (Fsp3) is 0.0667. The topological polar surface area (TPSA) is 113 Å². The van der Waals surface area contributed by atoms with E-state index in [0.29, 0.717) is 11.4 Å². The minimum Gasteiger partial charge on any atom is -0.342 e. The van der Waals surface area contributed by atoms with Crippen LogP contribution in [0.15, 0.2) is 42.5 Å². The van der Waals surface area contributed by atoms with Gasteiger partial charge in [0.1, 0.15) is 5.82 Å². The number of urea groups is 1. The number of nitro benzene ring substituents is 1. The van der Waals surface area contributed by atoms with Gasteiger partial charge in [-0.3, -0.25) is 10.1 Å². The summed E-state index contributed by atoms with van der Waals surface area (Å²) in [6.07, 6.45) is 0. The molecule has 0 saturated carbocycles. The molecule has 23 heavy (non-hydrogen) atoms. The van der Waals surface area contributed by atoms with E-state index in [1.807, 2.05) is 6.92 Å². The number of aromatic amines is 1. The molecule has 3 rings (SSSR count). The van der Waals surface area contributed by atoms with Crippen molar-refractivity contribution in [2.75, 3.05) is 10.6 Å². The van der Waals surface area contributed by atoms with E-state index in [-0.39, 0.29) is 5.69 Å². The first-order chi connectivity index (χ1) is 11.0. The number of nitrogens with one attached hydrogen (secondary N) is 3. The Bertz CT molecular complexity index is 903. The minimum absolute atomic E-state index is 0.0860. The third-order valence-electron chi connectivity index (χ3n) is 3.17. The van der Waals surface area contributed by atoms with Gasteiger partial charge in [-0.1, -0.05) is 6.07 Å². The molecule has 3 aromatic rings. The maximum absolute atomic E-state index is 12.0. The molecule has 0 aliphatic carbocycles. The summed E-state index contributed by atoms with van der Waals surface area (Å²) in [4.78, 5) is 29.6. The van der Waals surface area contributed by atoms with Crippen LogP contribution in [0.2, 0.25) is 0 Å². The molecule has 2 amide bonds. The van der Waals surface area contributed by atoms with E-state index in [1.54, 1.807) is 24.3 Å². The van der Waals surface area contributed by atoms with Crippen molar-refractivity contribution in [1.29, 1.82) is 0 Å². The van der Waals surface area contributed by atoms with Gasteiger partial charge in [-0.15, -0.1) is 0 Å². The van der Waals surface area contributed by atoms with Crippen molar-refractivity contribution in [2.24, 2.45) is 0 Å². The number of amides is 2. The van der Waals surface area contributed by atoms with Crippen molar-refractivity contribution < 1.29 is 9.72 Å². The van der Waals surface area contributed by atoms with Gasteiger partial charge in [-0.2, -0.15) is 0 Å². The molecular weight excluding hydrogens is 298 g/mol. The van der Waals surface area contributed by atoms with Crippen LogP contribution >= 0.6 is 0 Å². The summed E-state index contributed by atoms with van der Waals surface area (Å²) in [5.41, 5.74) is 2.47. The molecule has 1 heterocycles. The lowest BCUT2D eigenvalue weighted by molar-refractivity contribution is -0.384. The molecule has 0 aliphatic rings. The quantitative estimate of drug-likeness (QED) is 0.508. The van der Waals surface area contributed by atoms with Crippen LogP contribution in [0.25, 0.3) is 11.0 Å². The van der Waals surface area contributed by atoms with E-state index in [0.717, 1.165) is 16.9 Å². The van der Waals surface area contributed by atoms with Crippen molar-refractivity contribution >= 4 is 34.1 Å². The average molecular weight is 311 g/mol. The van der Waals surface area contributed by atoms with Gasteiger partial charge < -0.3 is 15.6 Å². The molecule has 0 radical (unpaired) electrons. The predicted molar refractivity (Wildman–Crippen MR) is 86.6 cm³/mol. The second-order valence-corrected chi connectivity index (χ2v) is 4.94. The average Bonchev–Trinajstić information content (AvgIpc) is 2.86. The molecule has 1 aromatic heterocycles. The maximum atomic E-state index is 12.0. The van der Waals surface area contributed by atoms with Gasteiger partial charge in [0, 0.05) is 23.5 Å². The van der Waals surface area contributed by atoms with Gasteiger partial charge in [-0.25, -0.2) is 9.78 Å². The van der Waals surface area contributed by atoms with Crippen LogP contribution in [0.3, 0.4) is 0 Å². The number of nitrogens with zero attached hydrogens (tertiary/aromatic N) is 2. The standard InChI is InChI=1S/C15H13N5O3/c1-9-16-13-6-5-11(8-14(13)17-9)19-15(21)18-10-3-2-4-12(7-10)20(22)23/h2-8H,1H3,(H,16,17)(H2,18,19,21). The normalized spacial score (nSPS) is 10.5. The highest BCUT2D eigenvalue weighted by atomic mass is 16.6. The van der Waals surface area contributed by atoms with Gasteiger partial charge in [0.2, 0.25) is 0 Å². The Morgan fingerprint density at radius 2 is 1.91 bits per heavy atom. The third-order valence-corrected chi connectivity index (χ3v) is 3.17. The minimum atomic E-state index is -0.516. The van der Waals surface area contributed by atoms with E-state index in [1.165, 1.54) is 18.2 Å². The monoisotopic (exact) mass is 311 g/mol. The molecule has 2 aromatic carbocycles. The van der Waals surface area contributed by atoms with Gasteiger partial charge in [0.25, 0.3) is 5.69 Å². The lowest BCUT2D eigenvalue weighted by Gasteiger charge is -2.07. The Kier molecular flexibility index (Phi) is 3.63. The summed E-state index contributed by atoms with van der Waals surface area (Å²) in [6.45, 7) is 1.85. The molecule has 0 fully saturated rings. The number of fused-ring (bicyclic) bond motifs is 1. The first kappa shape index (κ1) is 14.5. The predicted octanol–water partition coefficient (Wildman–Crippen LogP) is 3.42. The first-order valence-electron chi connectivity index (χ1n) is 6.80. The number of non-ortho nitro benzene ring substituents is 1. The number of H-pyrrole nitrogens is 1. The van der Waals surface area contributed by atoms with E-state index in [4.69, 9.17) is 0 Å². The van der Waals surface area contributed by atoms with E-state index >= 15 is 0 Å². The molecule has 8 nitrogen and oxygen atoms in total. The number of carbonyl (C=O) groups excluding carboxylic acids is 1. The smallest absolute Gasteiger partial charge is 0.323 e. The number of carbonyl (C=O) groups is 1. The van der Waals surface area contributed by atoms with Crippen LogP contribution in [-0.2, 0) is 0 Å². The molecule has 0 saturated heterocycles. The van der Waals surface area contributed by atoms with Crippen LogP contribution in [0.4, 0.5) is 21.9 Å². The zero-order chi connectivity index (χ0) is 16.4. The highest BCUT2D eigenvalue weighted by molar-refractivity contribution is 6.00. The van der Waals surface area contributed by atoms with Gasteiger partial charge in [0.05, 0.1) is 16.0 Å². The summed E-state index contributed by atoms with van der Waals surface area (Å²) in [6, 6.07) is 10.5. The Morgan fingerprint density at radius 3 is 2.65 bits per heavy atom. The molecular formula is C15H13N5O3. The summed E-state index contributed by atoms with van der Waals surface area (Å²) < 4.78 is 0. The maximum Gasteiger partial charge on any atom is 0.323 e. The first-order valence-corrected chi connectivity index (χ1v) is 6.80. The molecule has 0 unspecified atom stereocenters. The lowest BCUT2D eigenvalue weighted by atomic mass is 10.2. The Balaban J connectivity index is 1.73. The highest BCUT2D eigenvalue weighted by Gasteiger charge is 2.09. The number of nitro groups is 1. The van der Waals surface area contributed by atoms with Crippen LogP contribution in [-0.4, -0.2) is 20.9 Å². The second-order valence-electron chi connectivity index (χ2n) is 4.94. The summed E-state index contributed by atoms with van der Waals surface area (Å²) in [7, 11) is 0. The van der Waals surface area contributed by atoms with Crippen LogP contribution in [0.1, 0.15) is 5.82 Å². The second kappa shape index (κ2) is 5.76. The number of hydrogen-bond acceptors (Lipinski definition) is 4. The number of aryl methyl sites for hydroxylation is 1. The number of benzene rings is 2. The number of anilines is 2. The zero-order valence-corrected chi connectivity index (χ0v) is 12.2. The number of hydrogen-bond donors (Lipinski definition) is 3. The van der Waals surface area contributed by atoms with Gasteiger partial charge in [-0.05, 0) is 31.2 Å². The summed E-state index contributed by atoms with van der Waals surface area (Å²) >= 11 is 0. The molecule has 0 spiro atoms. The van der Waals surface area contributed by atoms with Crippen molar-refractivity contribution in [1.82, 2.24) is 9.97 Å². The zero-order valence-electron chi connectivity index (χ0n) is 12.2. The molecule has 8 heteroatoms. The van der Waals surface area contributed by atoms with Crippen LogP contribution in [0, 0.1) is 17.0 Å². The lowest BCUT2D eigenvalue weighted by Crippen LogP contribution is -2.19. The van der Waals surface area contributed by atoms with Crippen molar-refractivity contribution in [3.8, 4) is 0 Å². The fourth-order valence-corrected chi connectivity index (χ4v) is 2.21. The number of aromatic nitrogens is 2. The van der Waals surface area contributed by atoms with E-state index < -0.39 is 11.0 Å². The summed E-state index contributed by atoms with van der Waals surface area (Å²) in [5.74, 6) is 0.790. The summed E-state index contributed by atoms with van der Waals surface area (Å²) in [5, 5.41) is 16.0. The number of rotatable bonds is 3. The SMILES string of the molecule is Cc1nc2ccc(NC(=O)Nc3cccc([N+](=O)[O-])c3)cc2[nH]1. The van der Waals surface area contributed by atoms with Gasteiger partial charge in [0.15, 0.2) is 0 Å². The van der Waals surface area contributed by atoms with Crippen LogP contribution in [0.5, 0.6) is 0 Å². The third kappa shape index (κ3) is 3.26. The van der Waals surface area contributed by atoms with Gasteiger partial charge >= 0.3 is 6.03 Å². The van der Waals surface area contributed by atoms with Crippen molar-refractivity contribution in [3.63, 3.8) is 0 Å². The molecule has 0 bridgehead atoms. The van der Waals surface area contributed by atoms with Crippen LogP contribution < -0.4 is 10.6 Å². The highest BCUT2D eigenvalue weighted by Crippen LogP contribution is 2.19. The largest absolute Gasteiger partial charge is 0.342 e. The fourth-order valence-electron chi connectivity index (χ4n) is 2.21.